The lowest BCUT2D eigenvalue weighted by molar-refractivity contribution is -0.116. The number of amides is 1. The summed E-state index contributed by atoms with van der Waals surface area (Å²) in [6.45, 7) is 4.01. The molecule has 0 radical (unpaired) electrons. The molecule has 2 atom stereocenters. The molecule has 1 amide bonds. The van der Waals surface area contributed by atoms with Crippen LogP contribution in [0.1, 0.15) is 36.6 Å². The molecule has 0 aliphatic carbocycles. The number of likely N-dealkylation sites (N-methyl/N-ethyl adjacent to an activating group) is 1. The summed E-state index contributed by atoms with van der Waals surface area (Å²) in [5.41, 5.74) is 2.06. The van der Waals surface area contributed by atoms with Gasteiger partial charge in [-0.15, -0.1) is 24.0 Å². The molecule has 0 fully saturated rings. The summed E-state index contributed by atoms with van der Waals surface area (Å²) in [6, 6.07) is 11.9. The Morgan fingerprint density at radius 1 is 1.28 bits per heavy atom. The van der Waals surface area contributed by atoms with Gasteiger partial charge in [0.1, 0.15) is 5.76 Å². The zero-order valence-corrected chi connectivity index (χ0v) is 19.5. The summed E-state index contributed by atoms with van der Waals surface area (Å²) in [5.74, 6) is 1.80. The SMILES string of the molecule is CCNC(=NCC(c1ccco1)N(C)C)NCC1CC(=O)Nc2ccccc21.I. The molecular weight excluding hydrogens is 481 g/mol. The van der Waals surface area contributed by atoms with Crippen LogP contribution in [0.3, 0.4) is 0 Å². The lowest BCUT2D eigenvalue weighted by atomic mass is 9.90. The van der Waals surface area contributed by atoms with E-state index in [-0.39, 0.29) is 41.8 Å². The predicted octanol–water partition coefficient (Wildman–Crippen LogP) is 3.18. The third kappa shape index (κ3) is 6.20. The van der Waals surface area contributed by atoms with E-state index in [4.69, 9.17) is 9.41 Å². The fraction of sp³-hybridized carbons (Fsp3) is 0.429. The van der Waals surface area contributed by atoms with Crippen LogP contribution < -0.4 is 16.0 Å². The summed E-state index contributed by atoms with van der Waals surface area (Å²) in [6.07, 6.45) is 2.15. The molecule has 7 nitrogen and oxygen atoms in total. The first-order valence-electron chi connectivity index (χ1n) is 9.69. The minimum absolute atomic E-state index is 0. The molecule has 1 aliphatic heterocycles. The van der Waals surface area contributed by atoms with Crippen molar-refractivity contribution in [2.24, 2.45) is 4.99 Å². The number of guanidine groups is 1. The Kier molecular flexibility index (Phi) is 8.97. The summed E-state index contributed by atoms with van der Waals surface area (Å²) >= 11 is 0. The van der Waals surface area contributed by atoms with Gasteiger partial charge in [0, 0.05) is 31.1 Å². The molecule has 158 valence electrons. The number of carbonyl (C=O) groups excluding carboxylic acids is 1. The molecule has 0 saturated carbocycles. The molecule has 29 heavy (non-hydrogen) atoms. The lowest BCUT2D eigenvalue weighted by Gasteiger charge is -2.26. The second-order valence-electron chi connectivity index (χ2n) is 7.13. The summed E-state index contributed by atoms with van der Waals surface area (Å²) in [5, 5.41) is 9.63. The number of fused-ring (bicyclic) bond motifs is 1. The molecule has 1 aromatic heterocycles. The Morgan fingerprint density at radius 2 is 2.07 bits per heavy atom. The van der Waals surface area contributed by atoms with Crippen molar-refractivity contribution in [3.8, 4) is 0 Å². The summed E-state index contributed by atoms with van der Waals surface area (Å²) < 4.78 is 5.56. The number of para-hydroxylation sites is 1. The Hall–Kier alpha value is -2.07. The molecule has 8 heteroatoms. The van der Waals surface area contributed by atoms with Crippen molar-refractivity contribution >= 4 is 41.5 Å². The highest BCUT2D eigenvalue weighted by Gasteiger charge is 2.25. The molecule has 3 N–H and O–H groups in total. The smallest absolute Gasteiger partial charge is 0.225 e. The standard InChI is InChI=1S/C21H29N5O2.HI/c1-4-22-21(24-14-18(26(2)3)19-10-7-11-28-19)23-13-15-12-20(27)25-17-9-6-5-8-16(15)17;/h5-11,15,18H,4,12-14H2,1-3H3,(H,25,27)(H2,22,23,24);1H. The second kappa shape index (κ2) is 11.2. The molecule has 0 saturated heterocycles. The van der Waals surface area contributed by atoms with Gasteiger partial charge < -0.3 is 20.4 Å². The molecule has 0 spiro atoms. The van der Waals surface area contributed by atoms with E-state index in [0.29, 0.717) is 19.5 Å². The predicted molar refractivity (Wildman–Crippen MR) is 127 cm³/mol. The number of anilines is 1. The molecule has 2 aromatic rings. The molecule has 1 aromatic carbocycles. The highest BCUT2D eigenvalue weighted by Crippen LogP contribution is 2.31. The Morgan fingerprint density at radius 3 is 2.76 bits per heavy atom. The number of furan rings is 1. The highest BCUT2D eigenvalue weighted by atomic mass is 127. The van der Waals surface area contributed by atoms with Crippen molar-refractivity contribution in [1.82, 2.24) is 15.5 Å². The number of rotatable bonds is 7. The van der Waals surface area contributed by atoms with Gasteiger partial charge in [0.2, 0.25) is 5.91 Å². The van der Waals surface area contributed by atoms with Gasteiger partial charge in [-0.1, -0.05) is 18.2 Å². The van der Waals surface area contributed by atoms with E-state index < -0.39 is 0 Å². The zero-order chi connectivity index (χ0) is 19.9. The normalized spacial score (nSPS) is 17.2. The first-order valence-corrected chi connectivity index (χ1v) is 9.69. The number of hydrogen-bond acceptors (Lipinski definition) is 4. The van der Waals surface area contributed by atoms with Crippen LogP contribution in [0.5, 0.6) is 0 Å². The number of halogens is 1. The number of aliphatic imine (C=N–C) groups is 1. The van der Waals surface area contributed by atoms with Crippen molar-refractivity contribution in [2.45, 2.75) is 25.3 Å². The molecule has 0 bridgehead atoms. The van der Waals surface area contributed by atoms with Crippen molar-refractivity contribution in [2.75, 3.05) is 39.0 Å². The van der Waals surface area contributed by atoms with E-state index in [1.54, 1.807) is 6.26 Å². The monoisotopic (exact) mass is 511 g/mol. The first kappa shape index (κ1) is 23.2. The largest absolute Gasteiger partial charge is 0.468 e. The zero-order valence-electron chi connectivity index (χ0n) is 17.1. The van der Waals surface area contributed by atoms with Crippen molar-refractivity contribution in [1.29, 1.82) is 0 Å². The van der Waals surface area contributed by atoms with Crippen molar-refractivity contribution in [3.05, 3.63) is 54.0 Å². The van der Waals surface area contributed by atoms with Crippen LogP contribution in [-0.4, -0.2) is 50.5 Å². The topological polar surface area (TPSA) is 81.9 Å². The average Bonchev–Trinajstić information content (AvgIpc) is 3.20. The second-order valence-corrected chi connectivity index (χ2v) is 7.13. The quantitative estimate of drug-likeness (QED) is 0.302. The summed E-state index contributed by atoms with van der Waals surface area (Å²) in [4.78, 5) is 18.9. The summed E-state index contributed by atoms with van der Waals surface area (Å²) in [7, 11) is 4.03. The molecule has 2 heterocycles. The van der Waals surface area contributed by atoms with Crippen LogP contribution in [0.15, 0.2) is 52.1 Å². The van der Waals surface area contributed by atoms with E-state index in [0.717, 1.165) is 29.5 Å². The number of benzene rings is 1. The van der Waals surface area contributed by atoms with E-state index in [1.165, 1.54) is 0 Å². The van der Waals surface area contributed by atoms with E-state index in [1.807, 2.05) is 51.4 Å². The molecular formula is C21H30IN5O2. The maximum Gasteiger partial charge on any atom is 0.225 e. The van der Waals surface area contributed by atoms with Gasteiger partial charge in [-0.2, -0.15) is 0 Å². The van der Waals surface area contributed by atoms with Crippen LogP contribution in [-0.2, 0) is 4.79 Å². The van der Waals surface area contributed by atoms with Crippen LogP contribution in [0.4, 0.5) is 5.69 Å². The number of hydrogen-bond donors (Lipinski definition) is 3. The van der Waals surface area contributed by atoms with Gasteiger partial charge in [-0.3, -0.25) is 14.7 Å². The van der Waals surface area contributed by atoms with Gasteiger partial charge >= 0.3 is 0 Å². The lowest BCUT2D eigenvalue weighted by Crippen LogP contribution is -2.41. The van der Waals surface area contributed by atoms with Crippen LogP contribution in [0.25, 0.3) is 0 Å². The van der Waals surface area contributed by atoms with E-state index >= 15 is 0 Å². The number of nitrogens with one attached hydrogen (secondary N) is 3. The number of nitrogens with zero attached hydrogens (tertiary/aromatic N) is 2. The Balaban J connectivity index is 0.00000300. The first-order chi connectivity index (χ1) is 13.6. The third-order valence-electron chi connectivity index (χ3n) is 4.88. The molecule has 3 rings (SSSR count). The van der Waals surface area contributed by atoms with Gasteiger partial charge in [0.05, 0.1) is 18.8 Å². The van der Waals surface area contributed by atoms with Crippen LogP contribution in [0.2, 0.25) is 0 Å². The molecule has 1 aliphatic rings. The maximum atomic E-state index is 12.0. The fourth-order valence-electron chi connectivity index (χ4n) is 3.41. The number of carbonyl (C=O) groups is 1. The van der Waals surface area contributed by atoms with E-state index in [2.05, 4.69) is 26.9 Å². The third-order valence-corrected chi connectivity index (χ3v) is 4.88. The van der Waals surface area contributed by atoms with Gasteiger partial charge in [0.15, 0.2) is 5.96 Å². The minimum atomic E-state index is 0. The van der Waals surface area contributed by atoms with Crippen LogP contribution >= 0.6 is 24.0 Å². The maximum absolute atomic E-state index is 12.0. The minimum Gasteiger partial charge on any atom is -0.468 e. The van der Waals surface area contributed by atoms with Crippen molar-refractivity contribution < 1.29 is 9.21 Å². The van der Waals surface area contributed by atoms with E-state index in [9.17, 15) is 4.79 Å². The Labute approximate surface area is 189 Å². The Bertz CT molecular complexity index is 807. The average molecular weight is 511 g/mol. The highest BCUT2D eigenvalue weighted by molar-refractivity contribution is 14.0. The van der Waals surface area contributed by atoms with Crippen molar-refractivity contribution in [3.63, 3.8) is 0 Å². The van der Waals surface area contributed by atoms with Gasteiger partial charge in [-0.05, 0) is 44.8 Å². The van der Waals surface area contributed by atoms with Crippen LogP contribution in [0, 0.1) is 0 Å². The van der Waals surface area contributed by atoms with Gasteiger partial charge in [-0.25, -0.2) is 0 Å². The van der Waals surface area contributed by atoms with Gasteiger partial charge in [0.25, 0.3) is 0 Å². The molecule has 2 unspecified atom stereocenters. The fourth-order valence-corrected chi connectivity index (χ4v) is 3.41.